The van der Waals surface area contributed by atoms with E-state index in [1.807, 2.05) is 6.92 Å². The summed E-state index contributed by atoms with van der Waals surface area (Å²) in [6, 6.07) is 11.6. The van der Waals surface area contributed by atoms with Gasteiger partial charge in [-0.2, -0.15) is 0 Å². The van der Waals surface area contributed by atoms with Crippen LogP contribution < -0.4 is 5.32 Å². The highest BCUT2D eigenvalue weighted by atomic mass is 32.1. The van der Waals surface area contributed by atoms with Gasteiger partial charge >= 0.3 is 0 Å². The van der Waals surface area contributed by atoms with E-state index in [0.29, 0.717) is 36.6 Å². The van der Waals surface area contributed by atoms with E-state index in [4.69, 9.17) is 0 Å². The van der Waals surface area contributed by atoms with Gasteiger partial charge in [0.15, 0.2) is 5.13 Å². The van der Waals surface area contributed by atoms with Crippen molar-refractivity contribution in [3.05, 3.63) is 70.6 Å². The van der Waals surface area contributed by atoms with Gasteiger partial charge in [0, 0.05) is 35.0 Å². The molecule has 1 fully saturated rings. The Kier molecular flexibility index (Phi) is 6.08. The van der Waals surface area contributed by atoms with Gasteiger partial charge in [-0.1, -0.05) is 0 Å². The minimum Gasteiger partial charge on any atom is -0.339 e. The first-order chi connectivity index (χ1) is 14.9. The van der Waals surface area contributed by atoms with Crippen LogP contribution in [0.5, 0.6) is 0 Å². The molecule has 8 heteroatoms. The molecule has 2 amide bonds. The average molecular weight is 442 g/mol. The summed E-state index contributed by atoms with van der Waals surface area (Å²) in [5.74, 6) is -1.18. The summed E-state index contributed by atoms with van der Waals surface area (Å²) in [6.07, 6.45) is 1.10. The van der Waals surface area contributed by atoms with Crippen molar-refractivity contribution in [2.45, 2.75) is 19.8 Å². The number of rotatable bonds is 4. The van der Waals surface area contributed by atoms with Crippen molar-refractivity contribution in [2.75, 3.05) is 18.4 Å². The molecule has 0 aliphatic carbocycles. The van der Waals surface area contributed by atoms with Crippen LogP contribution >= 0.6 is 11.3 Å². The fraction of sp³-hybridized carbons (Fsp3) is 0.261. The number of nitrogens with zero attached hydrogens (tertiary/aromatic N) is 2. The van der Waals surface area contributed by atoms with Crippen molar-refractivity contribution < 1.29 is 18.4 Å². The Bertz CT molecular complexity index is 1090. The number of benzene rings is 2. The van der Waals surface area contributed by atoms with Crippen LogP contribution in [-0.4, -0.2) is 34.8 Å². The van der Waals surface area contributed by atoms with Crippen LogP contribution in [-0.2, 0) is 4.79 Å². The maximum absolute atomic E-state index is 13.2. The Balaban J connectivity index is 1.35. The van der Waals surface area contributed by atoms with Gasteiger partial charge in [-0.25, -0.2) is 13.8 Å². The van der Waals surface area contributed by atoms with Gasteiger partial charge in [0.25, 0.3) is 5.91 Å². The summed E-state index contributed by atoms with van der Waals surface area (Å²) < 4.78 is 26.2. The van der Waals surface area contributed by atoms with Gasteiger partial charge in [-0.15, -0.1) is 11.3 Å². The number of thiazole rings is 1. The van der Waals surface area contributed by atoms with Crippen molar-refractivity contribution in [3.8, 4) is 11.3 Å². The van der Waals surface area contributed by atoms with Gasteiger partial charge in [0.05, 0.1) is 5.69 Å². The summed E-state index contributed by atoms with van der Waals surface area (Å²) in [6.45, 7) is 2.84. The summed E-state index contributed by atoms with van der Waals surface area (Å²) >= 11 is 1.38. The fourth-order valence-corrected chi connectivity index (χ4v) is 4.49. The Labute approximate surface area is 182 Å². The number of nitrogens with one attached hydrogen (secondary N) is 1. The van der Waals surface area contributed by atoms with E-state index < -0.39 is 0 Å². The minimum atomic E-state index is -0.382. The van der Waals surface area contributed by atoms with E-state index in [2.05, 4.69) is 10.3 Å². The van der Waals surface area contributed by atoms with Gasteiger partial charge in [-0.05, 0) is 68.3 Å². The third kappa shape index (κ3) is 4.80. The monoisotopic (exact) mass is 441 g/mol. The Hall–Kier alpha value is -3.13. The first-order valence-electron chi connectivity index (χ1n) is 10.00. The van der Waals surface area contributed by atoms with Gasteiger partial charge in [0.2, 0.25) is 5.91 Å². The lowest BCUT2D eigenvalue weighted by Gasteiger charge is -2.31. The van der Waals surface area contributed by atoms with Crippen molar-refractivity contribution in [3.63, 3.8) is 0 Å². The first-order valence-corrected chi connectivity index (χ1v) is 10.8. The number of carbonyl (C=O) groups is 2. The SMILES string of the molecule is Cc1sc(NC(=O)C2CCN(C(=O)c3ccc(F)cc3)CC2)nc1-c1ccc(F)cc1. The normalized spacial score (nSPS) is 14.5. The van der Waals surface area contributed by atoms with Crippen LogP contribution in [0.15, 0.2) is 48.5 Å². The Morgan fingerprint density at radius 1 is 1.00 bits per heavy atom. The molecule has 2 aromatic carbocycles. The molecule has 5 nitrogen and oxygen atoms in total. The summed E-state index contributed by atoms with van der Waals surface area (Å²) in [4.78, 5) is 32.4. The fourth-order valence-electron chi connectivity index (χ4n) is 3.65. The number of carbonyl (C=O) groups excluding carboxylic acids is 2. The van der Waals surface area contributed by atoms with Crippen LogP contribution in [0.1, 0.15) is 28.1 Å². The van der Waals surface area contributed by atoms with Gasteiger partial charge < -0.3 is 10.2 Å². The molecule has 1 N–H and O–H groups in total. The number of anilines is 1. The summed E-state index contributed by atoms with van der Waals surface area (Å²) in [5.41, 5.74) is 1.96. The first kappa shape index (κ1) is 21.1. The van der Waals surface area contributed by atoms with Crippen LogP contribution in [0.2, 0.25) is 0 Å². The standard InChI is InChI=1S/C23H21F2N3O2S/c1-14-20(15-2-6-18(24)7-3-15)26-23(31-14)27-21(29)16-10-12-28(13-11-16)22(30)17-4-8-19(25)9-5-17/h2-9,16H,10-13H2,1H3,(H,26,27,29). The number of hydrogen-bond donors (Lipinski definition) is 1. The molecule has 0 bridgehead atoms. The smallest absolute Gasteiger partial charge is 0.253 e. The van der Waals surface area contributed by atoms with Crippen LogP contribution in [0.25, 0.3) is 11.3 Å². The Morgan fingerprint density at radius 2 is 1.58 bits per heavy atom. The van der Waals surface area contributed by atoms with E-state index in [0.717, 1.165) is 16.1 Å². The van der Waals surface area contributed by atoms with Crippen LogP contribution in [0.3, 0.4) is 0 Å². The van der Waals surface area contributed by atoms with Gasteiger partial charge in [-0.3, -0.25) is 9.59 Å². The highest BCUT2D eigenvalue weighted by Gasteiger charge is 2.28. The second-order valence-electron chi connectivity index (χ2n) is 7.49. The lowest BCUT2D eigenvalue weighted by atomic mass is 9.95. The zero-order valence-corrected chi connectivity index (χ0v) is 17.7. The van der Waals surface area contributed by atoms with E-state index in [1.54, 1.807) is 17.0 Å². The average Bonchev–Trinajstić information content (AvgIpc) is 3.14. The lowest BCUT2D eigenvalue weighted by Crippen LogP contribution is -2.41. The topological polar surface area (TPSA) is 62.3 Å². The molecular weight excluding hydrogens is 420 g/mol. The predicted molar refractivity (Wildman–Crippen MR) is 116 cm³/mol. The molecule has 1 aromatic heterocycles. The molecule has 0 spiro atoms. The molecule has 31 heavy (non-hydrogen) atoms. The number of likely N-dealkylation sites (tertiary alicyclic amines) is 1. The number of amides is 2. The zero-order valence-electron chi connectivity index (χ0n) is 16.9. The highest BCUT2D eigenvalue weighted by molar-refractivity contribution is 7.16. The zero-order chi connectivity index (χ0) is 22.0. The molecule has 4 rings (SSSR count). The maximum atomic E-state index is 13.2. The number of piperidine rings is 1. The molecule has 1 aliphatic rings. The minimum absolute atomic E-state index is 0.117. The van der Waals surface area contributed by atoms with Gasteiger partial charge in [0.1, 0.15) is 11.6 Å². The predicted octanol–water partition coefficient (Wildman–Crippen LogP) is 4.89. The van der Waals surface area contributed by atoms with E-state index in [1.165, 1.54) is 47.7 Å². The third-order valence-corrected chi connectivity index (χ3v) is 6.27. The molecule has 160 valence electrons. The molecule has 0 saturated carbocycles. The molecular formula is C23H21F2N3O2S. The maximum Gasteiger partial charge on any atom is 0.253 e. The number of aryl methyl sites for hydroxylation is 1. The number of aromatic nitrogens is 1. The van der Waals surface area contributed by atoms with Crippen LogP contribution in [0.4, 0.5) is 13.9 Å². The second kappa shape index (κ2) is 8.93. The van der Waals surface area contributed by atoms with Crippen molar-refractivity contribution in [2.24, 2.45) is 5.92 Å². The molecule has 0 radical (unpaired) electrons. The molecule has 1 saturated heterocycles. The number of hydrogen-bond acceptors (Lipinski definition) is 4. The highest BCUT2D eigenvalue weighted by Crippen LogP contribution is 2.31. The lowest BCUT2D eigenvalue weighted by molar-refractivity contribution is -0.121. The van der Waals surface area contributed by atoms with E-state index in [-0.39, 0.29) is 29.4 Å². The largest absolute Gasteiger partial charge is 0.339 e. The molecule has 0 unspecified atom stereocenters. The summed E-state index contributed by atoms with van der Waals surface area (Å²) in [7, 11) is 0. The Morgan fingerprint density at radius 3 is 2.19 bits per heavy atom. The number of halogens is 2. The molecule has 0 atom stereocenters. The van der Waals surface area contributed by atoms with Crippen molar-refractivity contribution in [1.29, 1.82) is 0 Å². The molecule has 3 aromatic rings. The van der Waals surface area contributed by atoms with Crippen molar-refractivity contribution >= 4 is 28.3 Å². The molecule has 1 aliphatic heterocycles. The van der Waals surface area contributed by atoms with E-state index in [9.17, 15) is 18.4 Å². The summed E-state index contributed by atoms with van der Waals surface area (Å²) in [5, 5.41) is 3.39. The molecule has 2 heterocycles. The quantitative estimate of drug-likeness (QED) is 0.627. The second-order valence-corrected chi connectivity index (χ2v) is 8.70. The van der Waals surface area contributed by atoms with Crippen molar-refractivity contribution in [1.82, 2.24) is 9.88 Å². The van der Waals surface area contributed by atoms with Crippen LogP contribution in [0, 0.1) is 24.5 Å². The van der Waals surface area contributed by atoms with E-state index >= 15 is 0 Å². The third-order valence-electron chi connectivity index (χ3n) is 5.39.